The van der Waals surface area contributed by atoms with Crippen molar-refractivity contribution in [3.63, 3.8) is 0 Å². The molecule has 1 fully saturated rings. The number of benzene rings is 1. The van der Waals surface area contributed by atoms with Crippen LogP contribution in [-0.4, -0.2) is 57.6 Å². The lowest BCUT2D eigenvalue weighted by molar-refractivity contribution is 0.0924. The van der Waals surface area contributed by atoms with Gasteiger partial charge in [-0.2, -0.15) is 4.52 Å². The van der Waals surface area contributed by atoms with Crippen LogP contribution in [0.15, 0.2) is 42.6 Å². The molecule has 0 saturated carbocycles. The van der Waals surface area contributed by atoms with Crippen molar-refractivity contribution >= 4 is 11.6 Å². The van der Waals surface area contributed by atoms with Crippen molar-refractivity contribution in [2.75, 3.05) is 26.7 Å². The molecule has 146 valence electrons. The van der Waals surface area contributed by atoms with E-state index in [1.54, 1.807) is 25.4 Å². The third-order valence-electron chi connectivity index (χ3n) is 5.25. The standard InChI is InChI=1S/C20H24N6O2/c1-28-18-10-4-3-8-15(18)17(25-11-5-2-6-12-25)14-21-20(27)16-9-7-13-26-19(16)22-23-24-26/h3-4,7-10,13,17H,2,5-6,11-12,14H2,1H3,(H,21,27). The highest BCUT2D eigenvalue weighted by atomic mass is 16.5. The van der Waals surface area contributed by atoms with Gasteiger partial charge in [-0.3, -0.25) is 9.69 Å². The lowest BCUT2D eigenvalue weighted by atomic mass is 10.0. The van der Waals surface area contributed by atoms with Crippen LogP contribution < -0.4 is 10.1 Å². The second-order valence-electron chi connectivity index (χ2n) is 6.93. The van der Waals surface area contributed by atoms with Gasteiger partial charge in [0.1, 0.15) is 5.75 Å². The van der Waals surface area contributed by atoms with E-state index in [0.717, 1.165) is 24.4 Å². The zero-order chi connectivity index (χ0) is 19.3. The van der Waals surface area contributed by atoms with Gasteiger partial charge in [0.25, 0.3) is 5.91 Å². The molecule has 1 aliphatic rings. The molecule has 0 bridgehead atoms. The molecular formula is C20H24N6O2. The summed E-state index contributed by atoms with van der Waals surface area (Å²) in [4.78, 5) is 15.3. The fourth-order valence-corrected chi connectivity index (χ4v) is 3.84. The van der Waals surface area contributed by atoms with Crippen molar-refractivity contribution < 1.29 is 9.53 Å². The quantitative estimate of drug-likeness (QED) is 0.705. The van der Waals surface area contributed by atoms with Crippen molar-refractivity contribution in [2.45, 2.75) is 25.3 Å². The number of tetrazole rings is 1. The van der Waals surface area contributed by atoms with Crippen LogP contribution in [0.4, 0.5) is 0 Å². The number of methoxy groups -OCH3 is 1. The SMILES string of the molecule is COc1ccccc1C(CNC(=O)c1cccn2nnnc12)N1CCCCC1. The van der Waals surface area contributed by atoms with E-state index in [1.807, 2.05) is 18.2 Å². The molecule has 0 radical (unpaired) electrons. The van der Waals surface area contributed by atoms with E-state index in [1.165, 1.54) is 23.8 Å². The van der Waals surface area contributed by atoms with E-state index in [2.05, 4.69) is 31.8 Å². The van der Waals surface area contributed by atoms with E-state index in [4.69, 9.17) is 4.74 Å². The first-order valence-corrected chi connectivity index (χ1v) is 9.60. The Morgan fingerprint density at radius 3 is 2.82 bits per heavy atom. The van der Waals surface area contributed by atoms with Crippen LogP contribution in [0.2, 0.25) is 0 Å². The maximum atomic E-state index is 12.9. The van der Waals surface area contributed by atoms with E-state index < -0.39 is 0 Å². The number of ether oxygens (including phenoxy) is 1. The molecule has 2 aromatic heterocycles. The van der Waals surface area contributed by atoms with Crippen LogP contribution in [0, 0.1) is 0 Å². The normalized spacial score (nSPS) is 16.0. The summed E-state index contributed by atoms with van der Waals surface area (Å²) in [5, 5.41) is 14.5. The molecule has 0 aliphatic carbocycles. The van der Waals surface area contributed by atoms with Crippen molar-refractivity contribution in [1.29, 1.82) is 0 Å². The van der Waals surface area contributed by atoms with Crippen LogP contribution in [0.25, 0.3) is 5.65 Å². The molecule has 1 saturated heterocycles. The van der Waals surface area contributed by atoms with E-state index in [9.17, 15) is 4.79 Å². The summed E-state index contributed by atoms with van der Waals surface area (Å²) in [7, 11) is 1.68. The Morgan fingerprint density at radius 2 is 2.00 bits per heavy atom. The van der Waals surface area contributed by atoms with Crippen molar-refractivity contribution in [3.05, 3.63) is 53.7 Å². The van der Waals surface area contributed by atoms with Gasteiger partial charge in [0.2, 0.25) is 0 Å². The number of aromatic nitrogens is 4. The molecule has 8 heteroatoms. The molecule has 0 spiro atoms. The molecule has 1 aliphatic heterocycles. The summed E-state index contributed by atoms with van der Waals surface area (Å²) in [5.41, 5.74) is 2.01. The number of para-hydroxylation sites is 1. The first-order chi connectivity index (χ1) is 13.8. The molecule has 1 atom stereocenters. The predicted octanol–water partition coefficient (Wildman–Crippen LogP) is 2.09. The van der Waals surface area contributed by atoms with Gasteiger partial charge in [0, 0.05) is 18.3 Å². The molecule has 1 N–H and O–H groups in total. The average molecular weight is 380 g/mol. The highest BCUT2D eigenvalue weighted by Gasteiger charge is 2.26. The Hall–Kier alpha value is -3.00. The van der Waals surface area contributed by atoms with Crippen molar-refractivity contribution in [1.82, 2.24) is 30.3 Å². The van der Waals surface area contributed by atoms with Crippen LogP contribution in [-0.2, 0) is 0 Å². The van der Waals surface area contributed by atoms with Gasteiger partial charge >= 0.3 is 0 Å². The summed E-state index contributed by atoms with van der Waals surface area (Å²) >= 11 is 0. The molecule has 3 aromatic rings. The maximum absolute atomic E-state index is 12.9. The monoisotopic (exact) mass is 380 g/mol. The Morgan fingerprint density at radius 1 is 1.18 bits per heavy atom. The van der Waals surface area contributed by atoms with Crippen LogP contribution in [0.5, 0.6) is 5.75 Å². The van der Waals surface area contributed by atoms with Crippen LogP contribution in [0.1, 0.15) is 41.2 Å². The second-order valence-corrected chi connectivity index (χ2v) is 6.93. The summed E-state index contributed by atoms with van der Waals surface area (Å²) in [6.07, 6.45) is 5.31. The van der Waals surface area contributed by atoms with Gasteiger partial charge in [-0.1, -0.05) is 24.6 Å². The molecule has 3 heterocycles. The van der Waals surface area contributed by atoms with Gasteiger partial charge in [-0.15, -0.1) is 5.10 Å². The first kappa shape index (κ1) is 18.4. The Bertz CT molecular complexity index is 951. The minimum absolute atomic E-state index is 0.0520. The fourth-order valence-electron chi connectivity index (χ4n) is 3.84. The van der Waals surface area contributed by atoms with Gasteiger partial charge in [-0.05, 0) is 54.6 Å². The number of pyridine rings is 1. The number of nitrogens with zero attached hydrogens (tertiary/aromatic N) is 5. The number of hydrogen-bond acceptors (Lipinski definition) is 6. The number of amides is 1. The van der Waals surface area contributed by atoms with Gasteiger partial charge in [-0.25, -0.2) is 0 Å². The number of likely N-dealkylation sites (tertiary alicyclic amines) is 1. The lowest BCUT2D eigenvalue weighted by Crippen LogP contribution is -2.40. The molecular weight excluding hydrogens is 356 g/mol. The third-order valence-corrected chi connectivity index (χ3v) is 5.25. The molecule has 8 nitrogen and oxygen atoms in total. The van der Waals surface area contributed by atoms with E-state index in [-0.39, 0.29) is 11.9 Å². The predicted molar refractivity (Wildman–Crippen MR) is 104 cm³/mol. The van der Waals surface area contributed by atoms with Crippen molar-refractivity contribution in [3.8, 4) is 5.75 Å². The highest BCUT2D eigenvalue weighted by molar-refractivity contribution is 5.99. The number of nitrogens with one attached hydrogen (secondary N) is 1. The van der Waals surface area contributed by atoms with Gasteiger partial charge in [0.15, 0.2) is 5.65 Å². The minimum Gasteiger partial charge on any atom is -0.496 e. The highest BCUT2D eigenvalue weighted by Crippen LogP contribution is 2.31. The zero-order valence-corrected chi connectivity index (χ0v) is 15.9. The first-order valence-electron chi connectivity index (χ1n) is 9.60. The lowest BCUT2D eigenvalue weighted by Gasteiger charge is -2.35. The fraction of sp³-hybridized carbons (Fsp3) is 0.400. The van der Waals surface area contributed by atoms with E-state index in [0.29, 0.717) is 17.8 Å². The topological polar surface area (TPSA) is 84.6 Å². The second kappa shape index (κ2) is 8.35. The van der Waals surface area contributed by atoms with Crippen molar-refractivity contribution in [2.24, 2.45) is 0 Å². The number of fused-ring (bicyclic) bond motifs is 1. The summed E-state index contributed by atoms with van der Waals surface area (Å²) in [6, 6.07) is 11.6. The number of hydrogen-bond donors (Lipinski definition) is 1. The number of piperidine rings is 1. The Kier molecular flexibility index (Phi) is 5.48. The maximum Gasteiger partial charge on any atom is 0.255 e. The minimum atomic E-state index is -0.183. The molecule has 1 aromatic carbocycles. The summed E-state index contributed by atoms with van der Waals surface area (Å²) in [6.45, 7) is 2.52. The molecule has 1 amide bonds. The summed E-state index contributed by atoms with van der Waals surface area (Å²) < 4.78 is 7.08. The van der Waals surface area contributed by atoms with Crippen LogP contribution >= 0.6 is 0 Å². The van der Waals surface area contributed by atoms with E-state index >= 15 is 0 Å². The molecule has 28 heavy (non-hydrogen) atoms. The average Bonchev–Trinajstić information content (AvgIpc) is 3.24. The smallest absolute Gasteiger partial charge is 0.255 e. The van der Waals surface area contributed by atoms with Gasteiger partial charge < -0.3 is 10.1 Å². The number of carbonyl (C=O) groups is 1. The molecule has 1 unspecified atom stereocenters. The Labute approximate surface area is 163 Å². The number of carbonyl (C=O) groups excluding carboxylic acids is 1. The third kappa shape index (κ3) is 3.68. The van der Waals surface area contributed by atoms with Gasteiger partial charge in [0.05, 0.1) is 18.7 Å². The molecule has 4 rings (SSSR count). The Balaban J connectivity index is 1.57. The summed E-state index contributed by atoms with van der Waals surface area (Å²) in [5.74, 6) is 0.661. The van der Waals surface area contributed by atoms with Crippen LogP contribution in [0.3, 0.4) is 0 Å². The number of rotatable bonds is 6. The zero-order valence-electron chi connectivity index (χ0n) is 15.9. The largest absolute Gasteiger partial charge is 0.496 e.